The molecule has 1 saturated heterocycles. The van der Waals surface area contributed by atoms with Crippen LogP contribution in [0, 0.1) is 6.92 Å². The first-order valence-corrected chi connectivity index (χ1v) is 8.00. The number of nitrogens with one attached hydrogen (secondary N) is 2. The second-order valence-electron chi connectivity index (χ2n) is 5.86. The number of H-pyrrole nitrogens is 1. The number of nitrogens with zero attached hydrogens (tertiary/aromatic N) is 6. The maximum absolute atomic E-state index is 12.4. The highest BCUT2D eigenvalue weighted by atomic mass is 16.2. The number of amides is 2. The molecular weight excluding hydrogens is 296 g/mol. The topological polar surface area (TPSA) is 105 Å². The zero-order valence-corrected chi connectivity index (χ0v) is 13.5. The number of rotatable bonds is 4. The second kappa shape index (κ2) is 6.76. The number of anilines is 1. The van der Waals surface area contributed by atoms with Gasteiger partial charge in [-0.2, -0.15) is 5.10 Å². The van der Waals surface area contributed by atoms with Gasteiger partial charge in [0.15, 0.2) is 11.6 Å². The minimum atomic E-state index is -0.148. The molecule has 1 fully saturated rings. The van der Waals surface area contributed by atoms with E-state index in [-0.39, 0.29) is 11.9 Å². The first-order chi connectivity index (χ1) is 11.2. The Labute approximate surface area is 134 Å². The van der Waals surface area contributed by atoms with Gasteiger partial charge in [-0.15, -0.1) is 5.10 Å². The fourth-order valence-electron chi connectivity index (χ4n) is 2.80. The van der Waals surface area contributed by atoms with Crippen LogP contribution in [0.15, 0.2) is 6.20 Å². The smallest absolute Gasteiger partial charge is 0.323 e. The molecular formula is C14H22N8O. The molecule has 0 unspecified atom stereocenters. The monoisotopic (exact) mass is 318 g/mol. The molecule has 0 radical (unpaired) electrons. The van der Waals surface area contributed by atoms with E-state index in [0.29, 0.717) is 12.4 Å². The molecule has 0 bridgehead atoms. The highest BCUT2D eigenvalue weighted by molar-refractivity contribution is 5.88. The van der Waals surface area contributed by atoms with E-state index in [1.54, 1.807) is 15.8 Å². The summed E-state index contributed by atoms with van der Waals surface area (Å²) in [7, 11) is 0. The van der Waals surface area contributed by atoms with Gasteiger partial charge >= 0.3 is 6.03 Å². The van der Waals surface area contributed by atoms with E-state index >= 15 is 0 Å². The maximum Gasteiger partial charge on any atom is 0.323 e. The molecule has 0 saturated carbocycles. The number of aromatic nitrogens is 6. The fourth-order valence-corrected chi connectivity index (χ4v) is 2.80. The lowest BCUT2D eigenvalue weighted by Gasteiger charge is -2.31. The van der Waals surface area contributed by atoms with Crippen molar-refractivity contribution >= 4 is 11.8 Å². The lowest BCUT2D eigenvalue weighted by atomic mass is 9.98. The van der Waals surface area contributed by atoms with Gasteiger partial charge in [-0.3, -0.25) is 15.1 Å². The van der Waals surface area contributed by atoms with Crippen LogP contribution in [0.2, 0.25) is 0 Å². The van der Waals surface area contributed by atoms with E-state index < -0.39 is 0 Å². The number of aromatic amines is 1. The van der Waals surface area contributed by atoms with Gasteiger partial charge in [0, 0.05) is 25.6 Å². The number of hydrogen-bond acceptors (Lipinski definition) is 5. The summed E-state index contributed by atoms with van der Waals surface area (Å²) < 4.78 is 1.73. The molecule has 2 amide bonds. The molecule has 2 aromatic heterocycles. The summed E-state index contributed by atoms with van der Waals surface area (Å²) in [4.78, 5) is 18.6. The predicted molar refractivity (Wildman–Crippen MR) is 84.0 cm³/mol. The quantitative estimate of drug-likeness (QED) is 0.889. The van der Waals surface area contributed by atoms with Crippen molar-refractivity contribution in [1.29, 1.82) is 0 Å². The summed E-state index contributed by atoms with van der Waals surface area (Å²) in [5.41, 5.74) is 0. The van der Waals surface area contributed by atoms with Crippen molar-refractivity contribution < 1.29 is 4.79 Å². The standard InChI is InChI=1S/C14H22N8O/c1-3-6-22-9-12(18-20-22)16-14(23)21-7-4-5-11(8-21)13-15-10(2)17-19-13/h9,11H,3-8H2,1-2H3,(H,16,23)(H,15,17,19)/t11-/m0/s1. The number of hydrogen-bond donors (Lipinski definition) is 2. The third kappa shape index (κ3) is 3.66. The van der Waals surface area contributed by atoms with Gasteiger partial charge in [0.25, 0.3) is 0 Å². The highest BCUT2D eigenvalue weighted by Gasteiger charge is 2.27. The molecule has 0 spiro atoms. The first kappa shape index (κ1) is 15.4. The summed E-state index contributed by atoms with van der Waals surface area (Å²) >= 11 is 0. The van der Waals surface area contributed by atoms with Crippen LogP contribution in [0.5, 0.6) is 0 Å². The van der Waals surface area contributed by atoms with Crippen LogP contribution < -0.4 is 5.32 Å². The van der Waals surface area contributed by atoms with E-state index in [9.17, 15) is 4.79 Å². The van der Waals surface area contributed by atoms with E-state index in [2.05, 4.69) is 37.7 Å². The molecule has 9 nitrogen and oxygen atoms in total. The molecule has 124 valence electrons. The number of aryl methyl sites for hydroxylation is 2. The Balaban J connectivity index is 1.60. The molecule has 2 aromatic rings. The molecule has 0 aliphatic carbocycles. The number of piperidine rings is 1. The predicted octanol–water partition coefficient (Wildman–Crippen LogP) is 1.53. The Morgan fingerprint density at radius 2 is 2.39 bits per heavy atom. The Morgan fingerprint density at radius 1 is 1.52 bits per heavy atom. The minimum Gasteiger partial charge on any atom is -0.324 e. The van der Waals surface area contributed by atoms with E-state index in [0.717, 1.165) is 44.0 Å². The largest absolute Gasteiger partial charge is 0.324 e. The summed E-state index contributed by atoms with van der Waals surface area (Å²) in [6, 6.07) is -0.148. The normalized spacial score (nSPS) is 18.2. The summed E-state index contributed by atoms with van der Waals surface area (Å²) in [6.07, 6.45) is 4.66. The van der Waals surface area contributed by atoms with Crippen LogP contribution in [0.4, 0.5) is 10.6 Å². The average Bonchev–Trinajstić information content (AvgIpc) is 3.17. The fraction of sp³-hybridized carbons (Fsp3) is 0.643. The number of carbonyl (C=O) groups excluding carboxylic acids is 1. The van der Waals surface area contributed by atoms with Gasteiger partial charge in [0.1, 0.15) is 5.82 Å². The number of urea groups is 1. The second-order valence-corrected chi connectivity index (χ2v) is 5.86. The molecule has 3 heterocycles. The van der Waals surface area contributed by atoms with Crippen LogP contribution in [-0.2, 0) is 6.54 Å². The van der Waals surface area contributed by atoms with Gasteiger partial charge in [-0.1, -0.05) is 12.1 Å². The van der Waals surface area contributed by atoms with Crippen molar-refractivity contribution in [2.75, 3.05) is 18.4 Å². The van der Waals surface area contributed by atoms with Crippen LogP contribution in [0.1, 0.15) is 43.8 Å². The molecule has 9 heteroatoms. The molecule has 1 atom stereocenters. The molecule has 23 heavy (non-hydrogen) atoms. The first-order valence-electron chi connectivity index (χ1n) is 8.00. The lowest BCUT2D eigenvalue weighted by Crippen LogP contribution is -2.41. The van der Waals surface area contributed by atoms with Crippen LogP contribution in [-0.4, -0.2) is 54.2 Å². The molecule has 1 aliphatic rings. The molecule has 1 aliphatic heterocycles. The zero-order chi connectivity index (χ0) is 16.2. The molecule has 2 N–H and O–H groups in total. The number of carbonyl (C=O) groups is 1. The van der Waals surface area contributed by atoms with Gasteiger partial charge in [-0.25, -0.2) is 9.78 Å². The van der Waals surface area contributed by atoms with Gasteiger partial charge in [-0.05, 0) is 26.2 Å². The third-order valence-corrected chi connectivity index (χ3v) is 3.91. The van der Waals surface area contributed by atoms with Crippen molar-refractivity contribution in [2.45, 2.75) is 45.6 Å². The molecule has 0 aromatic carbocycles. The maximum atomic E-state index is 12.4. The summed E-state index contributed by atoms with van der Waals surface area (Å²) in [5.74, 6) is 2.25. The Hall–Kier alpha value is -2.45. The van der Waals surface area contributed by atoms with E-state index in [1.165, 1.54) is 0 Å². The zero-order valence-electron chi connectivity index (χ0n) is 13.5. The van der Waals surface area contributed by atoms with Crippen LogP contribution in [0.3, 0.4) is 0 Å². The van der Waals surface area contributed by atoms with Crippen LogP contribution in [0.25, 0.3) is 0 Å². The van der Waals surface area contributed by atoms with Crippen LogP contribution >= 0.6 is 0 Å². The van der Waals surface area contributed by atoms with Crippen molar-refractivity contribution in [1.82, 2.24) is 35.1 Å². The number of likely N-dealkylation sites (tertiary alicyclic amines) is 1. The highest BCUT2D eigenvalue weighted by Crippen LogP contribution is 2.24. The van der Waals surface area contributed by atoms with Crippen molar-refractivity contribution in [3.63, 3.8) is 0 Å². The lowest BCUT2D eigenvalue weighted by molar-refractivity contribution is 0.191. The summed E-state index contributed by atoms with van der Waals surface area (Å²) in [6.45, 7) is 6.09. The molecule has 3 rings (SSSR count). The van der Waals surface area contributed by atoms with Gasteiger partial charge in [0.05, 0.1) is 6.20 Å². The van der Waals surface area contributed by atoms with E-state index in [4.69, 9.17) is 0 Å². The van der Waals surface area contributed by atoms with Gasteiger partial charge < -0.3 is 4.90 Å². The Bertz CT molecular complexity index is 663. The van der Waals surface area contributed by atoms with Crippen molar-refractivity contribution in [3.8, 4) is 0 Å². The SMILES string of the molecule is CCCn1cc(NC(=O)N2CCC[C@H](c3n[nH]c(C)n3)C2)nn1. The Kier molecular flexibility index (Phi) is 4.54. The van der Waals surface area contributed by atoms with Crippen molar-refractivity contribution in [3.05, 3.63) is 17.8 Å². The summed E-state index contributed by atoms with van der Waals surface area (Å²) in [5, 5.41) is 17.8. The Morgan fingerprint density at radius 3 is 3.13 bits per heavy atom. The van der Waals surface area contributed by atoms with Crippen molar-refractivity contribution in [2.24, 2.45) is 0 Å². The average molecular weight is 318 g/mol. The minimum absolute atomic E-state index is 0.148. The van der Waals surface area contributed by atoms with E-state index in [1.807, 2.05) is 6.92 Å². The van der Waals surface area contributed by atoms with Gasteiger partial charge in [0.2, 0.25) is 0 Å². The third-order valence-electron chi connectivity index (χ3n) is 3.91.